The van der Waals surface area contributed by atoms with E-state index >= 15 is 0 Å². The van der Waals surface area contributed by atoms with Crippen LogP contribution in [0.3, 0.4) is 0 Å². The number of hydrogen-bond donors (Lipinski definition) is 1. The van der Waals surface area contributed by atoms with Crippen molar-refractivity contribution in [1.29, 1.82) is 0 Å². The molecule has 112 valence electrons. The molecule has 8 heteroatoms. The highest BCUT2D eigenvalue weighted by Gasteiger charge is 2.14. The minimum absolute atomic E-state index is 0.0867. The highest BCUT2D eigenvalue weighted by molar-refractivity contribution is 7.89. The summed E-state index contributed by atoms with van der Waals surface area (Å²) < 4.78 is 24.1. The Morgan fingerprint density at radius 1 is 1.14 bits per heavy atom. The fourth-order valence-electron chi connectivity index (χ4n) is 2.46. The molecule has 0 unspecified atom stereocenters. The zero-order chi connectivity index (χ0) is 14.9. The number of nitrogens with zero attached hydrogens (tertiary/aromatic N) is 4. The van der Waals surface area contributed by atoms with Gasteiger partial charge in [0, 0.05) is 6.54 Å². The molecule has 1 aliphatic heterocycles. The molecule has 0 radical (unpaired) electrons. The smallest absolute Gasteiger partial charge is 0.238 e. The van der Waals surface area contributed by atoms with E-state index in [1.807, 2.05) is 6.20 Å². The van der Waals surface area contributed by atoms with Gasteiger partial charge in [-0.1, -0.05) is 5.21 Å². The zero-order valence-electron chi connectivity index (χ0n) is 11.5. The summed E-state index contributed by atoms with van der Waals surface area (Å²) in [7, 11) is -3.66. The van der Waals surface area contributed by atoms with Gasteiger partial charge in [0.15, 0.2) is 0 Å². The van der Waals surface area contributed by atoms with Crippen molar-refractivity contribution in [3.63, 3.8) is 0 Å². The third-order valence-electron chi connectivity index (χ3n) is 3.55. The highest BCUT2D eigenvalue weighted by atomic mass is 32.2. The van der Waals surface area contributed by atoms with Crippen LogP contribution < -0.4 is 5.14 Å². The second-order valence-electron chi connectivity index (χ2n) is 5.18. The first-order valence-electron chi connectivity index (χ1n) is 6.79. The van der Waals surface area contributed by atoms with Gasteiger partial charge in [-0.25, -0.2) is 18.2 Å². The first kappa shape index (κ1) is 14.2. The van der Waals surface area contributed by atoms with Gasteiger partial charge in [-0.15, -0.1) is 5.10 Å². The lowest BCUT2D eigenvalue weighted by molar-refractivity contribution is 0.327. The van der Waals surface area contributed by atoms with E-state index in [0.29, 0.717) is 0 Å². The van der Waals surface area contributed by atoms with Crippen molar-refractivity contribution >= 4 is 10.0 Å². The molecule has 0 aliphatic carbocycles. The molecule has 2 heterocycles. The van der Waals surface area contributed by atoms with Crippen LogP contribution in [0.5, 0.6) is 0 Å². The van der Waals surface area contributed by atoms with Crippen LogP contribution in [-0.4, -0.2) is 41.4 Å². The standard InChI is InChI=1S/C13H17N5O2S/c14-21(19,20)13-5-3-12(4-6-13)18-10-11(15-16-18)9-17-7-1-2-8-17/h3-6,10H,1-2,7-9H2,(H2,14,19,20). The minimum Gasteiger partial charge on any atom is -0.297 e. The van der Waals surface area contributed by atoms with Gasteiger partial charge in [0.1, 0.15) is 0 Å². The number of aromatic nitrogens is 3. The van der Waals surface area contributed by atoms with Gasteiger partial charge in [-0.3, -0.25) is 4.90 Å². The van der Waals surface area contributed by atoms with Gasteiger partial charge in [0.2, 0.25) is 10.0 Å². The number of benzene rings is 1. The van der Waals surface area contributed by atoms with E-state index < -0.39 is 10.0 Å². The first-order chi connectivity index (χ1) is 10.0. The van der Waals surface area contributed by atoms with E-state index in [4.69, 9.17) is 5.14 Å². The van der Waals surface area contributed by atoms with Gasteiger partial charge >= 0.3 is 0 Å². The van der Waals surface area contributed by atoms with Crippen molar-refractivity contribution in [3.05, 3.63) is 36.2 Å². The molecule has 1 saturated heterocycles. The third-order valence-corrected chi connectivity index (χ3v) is 4.48. The lowest BCUT2D eigenvalue weighted by Crippen LogP contribution is -2.18. The molecule has 21 heavy (non-hydrogen) atoms. The van der Waals surface area contributed by atoms with Gasteiger partial charge < -0.3 is 0 Å². The Hall–Kier alpha value is -1.77. The number of rotatable bonds is 4. The molecule has 3 rings (SSSR count). The van der Waals surface area contributed by atoms with Gasteiger partial charge in [0.25, 0.3) is 0 Å². The Morgan fingerprint density at radius 3 is 2.43 bits per heavy atom. The molecule has 0 saturated carbocycles. The Bertz CT molecular complexity index is 717. The topological polar surface area (TPSA) is 94.1 Å². The molecule has 1 aromatic heterocycles. The Kier molecular flexibility index (Phi) is 3.75. The maximum absolute atomic E-state index is 11.2. The average Bonchev–Trinajstić information content (AvgIpc) is 3.10. The van der Waals surface area contributed by atoms with E-state index in [0.717, 1.165) is 31.0 Å². The summed E-state index contributed by atoms with van der Waals surface area (Å²) in [6.45, 7) is 3.01. The zero-order valence-corrected chi connectivity index (χ0v) is 12.3. The maximum Gasteiger partial charge on any atom is 0.238 e. The second-order valence-corrected chi connectivity index (χ2v) is 6.74. The van der Waals surface area contributed by atoms with Gasteiger partial charge in [-0.2, -0.15) is 0 Å². The molecule has 7 nitrogen and oxygen atoms in total. The maximum atomic E-state index is 11.2. The third kappa shape index (κ3) is 3.29. The van der Waals surface area contributed by atoms with E-state index in [-0.39, 0.29) is 4.90 Å². The summed E-state index contributed by atoms with van der Waals surface area (Å²) in [4.78, 5) is 2.43. The predicted octanol–water partition coefficient (Wildman–Crippen LogP) is 0.510. The SMILES string of the molecule is NS(=O)(=O)c1ccc(-n2cc(CN3CCCC3)nn2)cc1. The van der Waals surface area contributed by atoms with Crippen LogP contribution in [0, 0.1) is 0 Å². The summed E-state index contributed by atoms with van der Waals surface area (Å²) in [5, 5.41) is 13.3. The first-order valence-corrected chi connectivity index (χ1v) is 8.34. The number of primary sulfonamides is 1. The van der Waals surface area contributed by atoms with Crippen LogP contribution in [0.25, 0.3) is 5.69 Å². The Morgan fingerprint density at radius 2 is 1.81 bits per heavy atom. The molecule has 2 N–H and O–H groups in total. The number of hydrogen-bond acceptors (Lipinski definition) is 5. The van der Waals surface area contributed by atoms with Crippen molar-refractivity contribution in [3.8, 4) is 5.69 Å². The van der Waals surface area contributed by atoms with Crippen LogP contribution in [0.2, 0.25) is 0 Å². The van der Waals surface area contributed by atoms with Crippen LogP contribution in [0.15, 0.2) is 35.4 Å². The molecule has 1 fully saturated rings. The summed E-state index contributed by atoms with van der Waals surface area (Å²) in [6.07, 6.45) is 4.34. The summed E-state index contributed by atoms with van der Waals surface area (Å²) in [5.41, 5.74) is 1.66. The van der Waals surface area contributed by atoms with Crippen molar-refractivity contribution in [2.75, 3.05) is 13.1 Å². The normalized spacial score (nSPS) is 16.4. The molecule has 0 bridgehead atoms. The molecular formula is C13H17N5O2S. The fraction of sp³-hybridized carbons (Fsp3) is 0.385. The lowest BCUT2D eigenvalue weighted by Gasteiger charge is -2.11. The summed E-state index contributed by atoms with van der Waals surface area (Å²) in [6, 6.07) is 6.25. The number of sulfonamides is 1. The molecule has 1 aromatic carbocycles. The van der Waals surface area contributed by atoms with E-state index in [1.54, 1.807) is 16.8 Å². The van der Waals surface area contributed by atoms with E-state index in [1.165, 1.54) is 25.0 Å². The van der Waals surface area contributed by atoms with E-state index in [2.05, 4.69) is 15.2 Å². The van der Waals surface area contributed by atoms with Crippen molar-refractivity contribution in [2.45, 2.75) is 24.3 Å². The lowest BCUT2D eigenvalue weighted by atomic mass is 10.3. The highest BCUT2D eigenvalue weighted by Crippen LogP contribution is 2.14. The molecule has 0 atom stereocenters. The van der Waals surface area contributed by atoms with Crippen LogP contribution >= 0.6 is 0 Å². The van der Waals surface area contributed by atoms with Crippen molar-refractivity contribution < 1.29 is 8.42 Å². The molecular weight excluding hydrogens is 290 g/mol. The van der Waals surface area contributed by atoms with Crippen LogP contribution in [-0.2, 0) is 16.6 Å². The second kappa shape index (κ2) is 5.55. The Labute approximate surface area is 123 Å². The van der Waals surface area contributed by atoms with Crippen LogP contribution in [0.1, 0.15) is 18.5 Å². The fourth-order valence-corrected chi connectivity index (χ4v) is 2.97. The Balaban J connectivity index is 1.76. The average molecular weight is 307 g/mol. The number of likely N-dealkylation sites (tertiary alicyclic amines) is 1. The monoisotopic (exact) mass is 307 g/mol. The van der Waals surface area contributed by atoms with Crippen molar-refractivity contribution in [1.82, 2.24) is 19.9 Å². The van der Waals surface area contributed by atoms with Gasteiger partial charge in [0.05, 0.1) is 22.5 Å². The molecule has 2 aromatic rings. The minimum atomic E-state index is -3.66. The van der Waals surface area contributed by atoms with Crippen molar-refractivity contribution in [2.24, 2.45) is 5.14 Å². The predicted molar refractivity (Wildman–Crippen MR) is 77.2 cm³/mol. The molecule has 1 aliphatic rings. The number of nitrogens with two attached hydrogens (primary N) is 1. The molecule has 0 spiro atoms. The van der Waals surface area contributed by atoms with Crippen LogP contribution in [0.4, 0.5) is 0 Å². The quantitative estimate of drug-likeness (QED) is 0.888. The summed E-state index contributed by atoms with van der Waals surface area (Å²) >= 11 is 0. The van der Waals surface area contributed by atoms with E-state index in [9.17, 15) is 8.42 Å². The molecule has 0 amide bonds. The largest absolute Gasteiger partial charge is 0.297 e. The summed E-state index contributed by atoms with van der Waals surface area (Å²) in [5.74, 6) is 0. The van der Waals surface area contributed by atoms with Gasteiger partial charge in [-0.05, 0) is 50.2 Å².